The third-order valence-corrected chi connectivity index (χ3v) is 9.93. The molecule has 3 heterocycles. The van der Waals surface area contributed by atoms with Crippen LogP contribution in [0.4, 0.5) is 10.1 Å². The van der Waals surface area contributed by atoms with Crippen molar-refractivity contribution in [1.82, 2.24) is 19.4 Å². The fourth-order valence-corrected chi connectivity index (χ4v) is 7.22. The molecule has 1 aliphatic heterocycles. The number of nitrogens with zero attached hydrogens (tertiary/aromatic N) is 5. The van der Waals surface area contributed by atoms with E-state index in [1.165, 1.54) is 36.0 Å². The molecule has 0 saturated heterocycles. The van der Waals surface area contributed by atoms with E-state index in [4.69, 9.17) is 4.74 Å². The minimum Gasteiger partial charge on any atom is -0.478 e. The molecule has 0 radical (unpaired) electrons. The van der Waals surface area contributed by atoms with E-state index in [0.29, 0.717) is 22.2 Å². The lowest BCUT2D eigenvalue weighted by atomic mass is 9.99. The summed E-state index contributed by atoms with van der Waals surface area (Å²) >= 11 is 0. The van der Waals surface area contributed by atoms with Gasteiger partial charge in [-0.2, -0.15) is 8.42 Å². The second-order valence-corrected chi connectivity index (χ2v) is 13.3. The van der Waals surface area contributed by atoms with Gasteiger partial charge in [0.1, 0.15) is 17.4 Å². The highest BCUT2D eigenvalue weighted by atomic mass is 32.2. The van der Waals surface area contributed by atoms with Gasteiger partial charge in [0.05, 0.1) is 17.6 Å². The van der Waals surface area contributed by atoms with Crippen LogP contribution in [0.5, 0.6) is 5.75 Å². The van der Waals surface area contributed by atoms with Gasteiger partial charge in [0.15, 0.2) is 10.8 Å². The minimum absolute atomic E-state index is 0.0888. The predicted molar refractivity (Wildman–Crippen MR) is 176 cm³/mol. The molecule has 0 fully saturated rings. The molecule has 0 aliphatic carbocycles. The molecule has 1 amide bonds. The number of aromatic nitrogens is 3. The van der Waals surface area contributed by atoms with Crippen molar-refractivity contribution in [2.24, 2.45) is 7.05 Å². The van der Waals surface area contributed by atoms with Crippen LogP contribution >= 0.6 is 0 Å². The van der Waals surface area contributed by atoms with Crippen molar-refractivity contribution in [3.63, 3.8) is 0 Å². The summed E-state index contributed by atoms with van der Waals surface area (Å²) in [6.45, 7) is 0.263. The van der Waals surface area contributed by atoms with Crippen molar-refractivity contribution in [3.05, 3.63) is 149 Å². The Morgan fingerprint density at radius 3 is 2.19 bits per heavy atom. The SMILES string of the molecule is CN(c1c2c(c(OC(c3ccccc3)c3ccccc3)c3ncccc13)C(=O)N(Cc1ccc(F)cc1)C2)S(=O)(=O)c1cn(C)cn1. The van der Waals surface area contributed by atoms with Gasteiger partial charge in [-0.25, -0.2) is 9.37 Å². The molecule has 236 valence electrons. The van der Waals surface area contributed by atoms with E-state index in [-0.39, 0.29) is 41.2 Å². The number of fused-ring (bicyclic) bond motifs is 2. The molecule has 1 aliphatic rings. The Kier molecular flexibility index (Phi) is 7.69. The van der Waals surface area contributed by atoms with Crippen LogP contribution in [-0.4, -0.2) is 40.8 Å². The number of ether oxygens (including phenoxy) is 1. The summed E-state index contributed by atoms with van der Waals surface area (Å²) < 4.78 is 51.3. The first kappa shape index (κ1) is 30.1. The first-order valence-electron chi connectivity index (χ1n) is 14.9. The molecule has 6 aromatic rings. The largest absolute Gasteiger partial charge is 0.478 e. The van der Waals surface area contributed by atoms with Crippen molar-refractivity contribution >= 4 is 32.5 Å². The van der Waals surface area contributed by atoms with Crippen LogP contribution in [0.15, 0.2) is 121 Å². The maximum Gasteiger partial charge on any atom is 0.283 e. The van der Waals surface area contributed by atoms with Gasteiger partial charge in [-0.05, 0) is 41.0 Å². The van der Waals surface area contributed by atoms with Gasteiger partial charge in [-0.15, -0.1) is 0 Å². The van der Waals surface area contributed by atoms with E-state index in [0.717, 1.165) is 16.7 Å². The van der Waals surface area contributed by atoms with Crippen LogP contribution in [-0.2, 0) is 30.2 Å². The molecule has 11 heteroatoms. The highest BCUT2D eigenvalue weighted by Gasteiger charge is 2.40. The average molecular weight is 648 g/mol. The van der Waals surface area contributed by atoms with Crippen LogP contribution in [0.1, 0.15) is 38.7 Å². The summed E-state index contributed by atoms with van der Waals surface area (Å²) in [5.74, 6) is -0.474. The number of amides is 1. The quantitative estimate of drug-likeness (QED) is 0.184. The number of hydrogen-bond donors (Lipinski definition) is 0. The van der Waals surface area contributed by atoms with Crippen molar-refractivity contribution in [1.29, 1.82) is 0 Å². The van der Waals surface area contributed by atoms with E-state index >= 15 is 0 Å². The number of carbonyl (C=O) groups is 1. The van der Waals surface area contributed by atoms with E-state index in [1.807, 2.05) is 60.7 Å². The average Bonchev–Trinajstić information content (AvgIpc) is 3.68. The number of carbonyl (C=O) groups excluding carboxylic acids is 1. The number of anilines is 1. The van der Waals surface area contributed by atoms with E-state index in [9.17, 15) is 17.6 Å². The number of imidazole rings is 1. The summed E-state index contributed by atoms with van der Waals surface area (Å²) in [7, 11) is -0.997. The normalized spacial score (nSPS) is 12.9. The molecule has 2 aromatic heterocycles. The monoisotopic (exact) mass is 647 g/mol. The van der Waals surface area contributed by atoms with Crippen LogP contribution in [0.3, 0.4) is 0 Å². The van der Waals surface area contributed by atoms with Gasteiger partial charge in [0.2, 0.25) is 0 Å². The van der Waals surface area contributed by atoms with Crippen LogP contribution < -0.4 is 9.04 Å². The van der Waals surface area contributed by atoms with E-state index < -0.39 is 16.1 Å². The fourth-order valence-electron chi connectivity index (χ4n) is 6.01. The number of halogens is 1. The number of sulfonamides is 1. The summed E-state index contributed by atoms with van der Waals surface area (Å²) in [4.78, 5) is 24.8. The van der Waals surface area contributed by atoms with Crippen LogP contribution in [0, 0.1) is 5.82 Å². The molecule has 0 bridgehead atoms. The maximum absolute atomic E-state index is 14.4. The van der Waals surface area contributed by atoms with Crippen molar-refractivity contribution in [2.45, 2.75) is 24.2 Å². The zero-order valence-corrected chi connectivity index (χ0v) is 26.4. The summed E-state index contributed by atoms with van der Waals surface area (Å²) in [6, 6.07) is 28.8. The molecule has 0 atom stereocenters. The number of rotatable bonds is 9. The molecule has 7 rings (SSSR count). The summed E-state index contributed by atoms with van der Waals surface area (Å²) in [6.07, 6.45) is 3.84. The van der Waals surface area contributed by atoms with Gasteiger partial charge in [-0.3, -0.25) is 14.1 Å². The van der Waals surface area contributed by atoms with E-state index in [1.54, 1.807) is 47.0 Å². The molecular formula is C36H30FN5O4S. The predicted octanol–water partition coefficient (Wildman–Crippen LogP) is 6.26. The number of aryl methyl sites for hydroxylation is 1. The number of pyridine rings is 1. The van der Waals surface area contributed by atoms with Crippen molar-refractivity contribution in [2.75, 3.05) is 11.4 Å². The lowest BCUT2D eigenvalue weighted by Crippen LogP contribution is -2.28. The zero-order chi connectivity index (χ0) is 32.7. The molecule has 0 saturated carbocycles. The smallest absolute Gasteiger partial charge is 0.283 e. The van der Waals surface area contributed by atoms with Crippen molar-refractivity contribution in [3.8, 4) is 5.75 Å². The molecule has 0 unspecified atom stereocenters. The molecule has 0 N–H and O–H groups in total. The van der Waals surface area contributed by atoms with Gasteiger partial charge in [0, 0.05) is 50.5 Å². The van der Waals surface area contributed by atoms with Gasteiger partial charge >= 0.3 is 0 Å². The minimum atomic E-state index is -4.14. The zero-order valence-electron chi connectivity index (χ0n) is 25.6. The highest BCUT2D eigenvalue weighted by Crippen LogP contribution is 2.47. The summed E-state index contributed by atoms with van der Waals surface area (Å²) in [5, 5.41) is 0.369. The second kappa shape index (κ2) is 12.0. The maximum atomic E-state index is 14.4. The molecular weight excluding hydrogens is 617 g/mol. The van der Waals surface area contributed by atoms with Gasteiger partial charge in [0.25, 0.3) is 15.9 Å². The molecule has 47 heavy (non-hydrogen) atoms. The Morgan fingerprint density at radius 2 is 1.57 bits per heavy atom. The fraction of sp³-hybridized carbons (Fsp3) is 0.139. The first-order valence-corrected chi connectivity index (χ1v) is 16.4. The lowest BCUT2D eigenvalue weighted by Gasteiger charge is -2.26. The Bertz CT molecular complexity index is 2170. The highest BCUT2D eigenvalue weighted by molar-refractivity contribution is 7.92. The Balaban J connectivity index is 1.44. The van der Waals surface area contributed by atoms with Crippen LogP contribution in [0.2, 0.25) is 0 Å². The molecule has 0 spiro atoms. The standard InChI is InChI=1S/C36H30FN5O4S/c1-40-22-30(39-23-40)47(44,45)41(2)33-28-14-9-19-38-32(28)35(46-34(25-10-5-3-6-11-25)26-12-7-4-8-13-26)31-29(33)21-42(36(31)43)20-24-15-17-27(37)18-16-24/h3-19,22-23,34H,20-21H2,1-2H3. The topological polar surface area (TPSA) is 97.6 Å². The number of hydrogen-bond acceptors (Lipinski definition) is 6. The molecule has 4 aromatic carbocycles. The van der Waals surface area contributed by atoms with Crippen molar-refractivity contribution < 1.29 is 22.3 Å². The summed E-state index contributed by atoms with van der Waals surface area (Å²) in [5.41, 5.74) is 3.82. The first-order chi connectivity index (χ1) is 22.7. The lowest BCUT2D eigenvalue weighted by molar-refractivity contribution is 0.0762. The second-order valence-electron chi connectivity index (χ2n) is 11.4. The Labute approximate surface area is 271 Å². The number of benzene rings is 4. The van der Waals surface area contributed by atoms with Gasteiger partial charge < -0.3 is 14.2 Å². The third-order valence-electron chi connectivity index (χ3n) is 8.29. The Morgan fingerprint density at radius 1 is 0.915 bits per heavy atom. The van der Waals surface area contributed by atoms with Gasteiger partial charge in [-0.1, -0.05) is 72.8 Å². The molecule has 9 nitrogen and oxygen atoms in total. The van der Waals surface area contributed by atoms with E-state index in [2.05, 4.69) is 9.97 Å². The van der Waals surface area contributed by atoms with Crippen LogP contribution in [0.25, 0.3) is 10.9 Å². The third kappa shape index (κ3) is 5.48. The Hall–Kier alpha value is -5.55.